The maximum atomic E-state index is 14.0. The van der Waals surface area contributed by atoms with Gasteiger partial charge in [0.15, 0.2) is 0 Å². The number of aromatic nitrogens is 1. The number of fused-ring (bicyclic) bond motifs is 1. The van der Waals surface area contributed by atoms with Crippen molar-refractivity contribution in [1.29, 1.82) is 0 Å². The van der Waals surface area contributed by atoms with Crippen molar-refractivity contribution in [3.63, 3.8) is 0 Å². The lowest BCUT2D eigenvalue weighted by Gasteiger charge is -2.27. The zero-order chi connectivity index (χ0) is 14.3. The quantitative estimate of drug-likeness (QED) is 0.849. The van der Waals surface area contributed by atoms with Crippen LogP contribution >= 0.6 is 0 Å². The van der Waals surface area contributed by atoms with E-state index in [1.165, 1.54) is 6.07 Å². The molecule has 2 aromatic rings. The second kappa shape index (κ2) is 4.75. The highest BCUT2D eigenvalue weighted by Gasteiger charge is 2.19. The second-order valence-electron chi connectivity index (χ2n) is 5.19. The van der Waals surface area contributed by atoms with Crippen LogP contribution in [0.2, 0.25) is 0 Å². The highest BCUT2D eigenvalue weighted by Crippen LogP contribution is 2.31. The molecule has 1 aromatic carbocycles. The fourth-order valence-electron chi connectivity index (χ4n) is 2.64. The third-order valence-electron chi connectivity index (χ3n) is 3.72. The normalized spacial score (nSPS) is 19.8. The highest BCUT2D eigenvalue weighted by atomic mass is 32.2. The molecule has 3 nitrogen and oxygen atoms in total. The predicted molar refractivity (Wildman–Crippen MR) is 83.6 cm³/mol. The smallest absolute Gasteiger partial charge is 0.133 e. The number of nitrogens with zero attached hydrogens (tertiary/aromatic N) is 1. The van der Waals surface area contributed by atoms with Crippen LogP contribution in [-0.4, -0.2) is 38.7 Å². The summed E-state index contributed by atoms with van der Waals surface area (Å²) in [5.74, 6) is 3.49. The first-order valence-electron chi connectivity index (χ1n) is 6.49. The highest BCUT2D eigenvalue weighted by molar-refractivity contribution is 7.97. The second-order valence-corrected chi connectivity index (χ2v) is 7.63. The van der Waals surface area contributed by atoms with E-state index < -0.39 is 9.71 Å². The van der Waals surface area contributed by atoms with E-state index in [-0.39, 0.29) is 5.82 Å². The van der Waals surface area contributed by atoms with Crippen LogP contribution in [0.15, 0.2) is 30.5 Å². The first-order valence-corrected chi connectivity index (χ1v) is 8.58. The van der Waals surface area contributed by atoms with E-state index in [1.807, 2.05) is 22.6 Å². The summed E-state index contributed by atoms with van der Waals surface area (Å²) in [5.41, 5.74) is 2.81. The maximum absolute atomic E-state index is 14.0. The van der Waals surface area contributed by atoms with Crippen molar-refractivity contribution in [2.45, 2.75) is 6.42 Å². The van der Waals surface area contributed by atoms with Crippen molar-refractivity contribution in [3.05, 3.63) is 41.9 Å². The van der Waals surface area contributed by atoms with Crippen LogP contribution in [0.5, 0.6) is 0 Å². The van der Waals surface area contributed by atoms with E-state index in [2.05, 4.69) is 10.9 Å². The Labute approximate surface area is 118 Å². The lowest BCUT2D eigenvalue weighted by molar-refractivity contribution is 0.484. The van der Waals surface area contributed by atoms with E-state index in [0.717, 1.165) is 23.1 Å². The Morgan fingerprint density at radius 2 is 2.25 bits per heavy atom. The molecule has 1 aromatic heterocycles. The molecule has 20 heavy (non-hydrogen) atoms. The summed E-state index contributed by atoms with van der Waals surface area (Å²) in [6.07, 6.45) is 6.27. The molecule has 3 rings (SSSR count). The van der Waals surface area contributed by atoms with Gasteiger partial charge in [0.25, 0.3) is 0 Å². The number of rotatable bonds is 2. The van der Waals surface area contributed by atoms with Gasteiger partial charge in [-0.1, -0.05) is 12.1 Å². The van der Waals surface area contributed by atoms with Gasteiger partial charge in [0.1, 0.15) is 5.82 Å². The van der Waals surface area contributed by atoms with Crippen LogP contribution in [0.25, 0.3) is 16.5 Å². The minimum Gasteiger partial charge on any atom is -0.360 e. The SMILES string of the molecule is C=S(C)(=O)N1CC=C(c2c[nH]c3cccc(F)c23)CC1. The molecule has 0 saturated carbocycles. The Balaban J connectivity index is 2.00. The van der Waals surface area contributed by atoms with Crippen LogP contribution in [-0.2, 0) is 9.71 Å². The average Bonchev–Trinajstić information content (AvgIpc) is 2.83. The maximum Gasteiger partial charge on any atom is 0.133 e. The number of H-pyrrole nitrogens is 1. The predicted octanol–water partition coefficient (Wildman–Crippen LogP) is 2.66. The van der Waals surface area contributed by atoms with Crippen LogP contribution in [0, 0.1) is 5.82 Å². The van der Waals surface area contributed by atoms with Gasteiger partial charge in [-0.15, -0.1) is 0 Å². The Morgan fingerprint density at radius 3 is 2.90 bits per heavy atom. The minimum absolute atomic E-state index is 0.210. The van der Waals surface area contributed by atoms with Gasteiger partial charge in [0.2, 0.25) is 0 Å². The van der Waals surface area contributed by atoms with Gasteiger partial charge in [-0.05, 0) is 30.0 Å². The fraction of sp³-hybridized carbons (Fsp3) is 0.267. The van der Waals surface area contributed by atoms with Crippen LogP contribution < -0.4 is 0 Å². The number of nitrogens with one attached hydrogen (secondary N) is 1. The number of aromatic amines is 1. The van der Waals surface area contributed by atoms with E-state index in [9.17, 15) is 8.60 Å². The molecule has 106 valence electrons. The van der Waals surface area contributed by atoms with Gasteiger partial charge in [0, 0.05) is 51.7 Å². The largest absolute Gasteiger partial charge is 0.360 e. The van der Waals surface area contributed by atoms with Gasteiger partial charge in [-0.25, -0.2) is 8.70 Å². The van der Waals surface area contributed by atoms with Gasteiger partial charge < -0.3 is 4.98 Å². The Kier molecular flexibility index (Phi) is 3.18. The molecule has 0 bridgehead atoms. The van der Waals surface area contributed by atoms with Crippen LogP contribution in [0.1, 0.15) is 12.0 Å². The molecule has 5 heteroatoms. The van der Waals surface area contributed by atoms with Crippen molar-refractivity contribution >= 4 is 32.1 Å². The number of hydrogen-bond donors (Lipinski definition) is 1. The standard InChI is InChI=1S/C15H17FN2OS/c1-20(2,19)18-8-6-11(7-9-18)12-10-17-14-5-3-4-13(16)15(12)14/h3-6,10,17H,1,7-9H2,2H3. The van der Waals surface area contributed by atoms with E-state index in [0.29, 0.717) is 18.5 Å². The molecule has 1 atom stereocenters. The molecule has 2 heterocycles. The van der Waals surface area contributed by atoms with Crippen molar-refractivity contribution in [2.75, 3.05) is 19.3 Å². The molecule has 0 aliphatic carbocycles. The summed E-state index contributed by atoms with van der Waals surface area (Å²) >= 11 is 0. The topological polar surface area (TPSA) is 36.1 Å². The molecule has 1 unspecified atom stereocenters. The van der Waals surface area contributed by atoms with Crippen molar-refractivity contribution in [3.8, 4) is 0 Å². The van der Waals surface area contributed by atoms with Gasteiger partial charge in [-0.3, -0.25) is 4.21 Å². The van der Waals surface area contributed by atoms with Crippen molar-refractivity contribution in [2.24, 2.45) is 0 Å². The number of hydrogen-bond acceptors (Lipinski definition) is 1. The van der Waals surface area contributed by atoms with Crippen LogP contribution in [0.4, 0.5) is 4.39 Å². The molecule has 0 radical (unpaired) electrons. The summed E-state index contributed by atoms with van der Waals surface area (Å²) in [7, 11) is -2.16. The molecule has 0 spiro atoms. The van der Waals surface area contributed by atoms with Gasteiger partial charge in [-0.2, -0.15) is 0 Å². The zero-order valence-corrected chi connectivity index (χ0v) is 12.2. The monoisotopic (exact) mass is 292 g/mol. The molecule has 1 aliphatic rings. The molecule has 1 aliphatic heterocycles. The third kappa shape index (κ3) is 2.27. The summed E-state index contributed by atoms with van der Waals surface area (Å²) in [5, 5.41) is 0.638. The summed E-state index contributed by atoms with van der Waals surface area (Å²) in [6.45, 7) is 1.28. The van der Waals surface area contributed by atoms with E-state index in [4.69, 9.17) is 0 Å². The first-order chi connectivity index (χ1) is 9.47. The minimum atomic E-state index is -2.16. The van der Waals surface area contributed by atoms with E-state index >= 15 is 0 Å². The lowest BCUT2D eigenvalue weighted by atomic mass is 9.99. The lowest BCUT2D eigenvalue weighted by Crippen LogP contribution is -2.33. The number of benzene rings is 1. The first kappa shape index (κ1) is 13.4. The average molecular weight is 292 g/mol. The van der Waals surface area contributed by atoms with Crippen molar-refractivity contribution < 1.29 is 8.60 Å². The van der Waals surface area contributed by atoms with Gasteiger partial charge in [0.05, 0.1) is 0 Å². The molecule has 0 fully saturated rings. The summed E-state index contributed by atoms with van der Waals surface area (Å²) in [4.78, 5) is 3.10. The molecular weight excluding hydrogens is 275 g/mol. The summed E-state index contributed by atoms with van der Waals surface area (Å²) < 4.78 is 27.8. The molecular formula is C15H17FN2OS. The Morgan fingerprint density at radius 1 is 1.45 bits per heavy atom. The molecule has 0 amide bonds. The third-order valence-corrected chi connectivity index (χ3v) is 5.14. The Hall–Kier alpha value is -1.59. The fourth-order valence-corrected chi connectivity index (χ4v) is 3.51. The van der Waals surface area contributed by atoms with Gasteiger partial charge >= 0.3 is 0 Å². The number of halogens is 1. The Bertz CT molecular complexity index is 789. The summed E-state index contributed by atoms with van der Waals surface area (Å²) in [6, 6.07) is 5.04. The van der Waals surface area contributed by atoms with Crippen molar-refractivity contribution in [1.82, 2.24) is 9.29 Å². The molecule has 1 N–H and O–H groups in total. The molecule has 0 saturated heterocycles. The van der Waals surface area contributed by atoms with Crippen LogP contribution in [0.3, 0.4) is 0 Å². The van der Waals surface area contributed by atoms with E-state index in [1.54, 1.807) is 12.3 Å². The zero-order valence-electron chi connectivity index (χ0n) is 11.4.